The highest BCUT2D eigenvalue weighted by molar-refractivity contribution is 5.62. The van der Waals surface area contributed by atoms with E-state index in [1.54, 1.807) is 0 Å². The van der Waals surface area contributed by atoms with Crippen LogP contribution >= 0.6 is 0 Å². The summed E-state index contributed by atoms with van der Waals surface area (Å²) in [5.41, 5.74) is 8.06. The monoisotopic (exact) mass is 215 g/mol. The zero-order valence-corrected chi connectivity index (χ0v) is 9.57. The zero-order chi connectivity index (χ0) is 11.4. The Hall–Kier alpha value is -1.54. The molecular weight excluding hydrogens is 198 g/mol. The molecule has 0 spiro atoms. The van der Waals surface area contributed by atoms with Gasteiger partial charge in [-0.05, 0) is 24.1 Å². The Morgan fingerprint density at radius 3 is 2.62 bits per heavy atom. The largest absolute Gasteiger partial charge is 0.460 e. The van der Waals surface area contributed by atoms with Gasteiger partial charge < -0.3 is 10.2 Å². The molecule has 16 heavy (non-hydrogen) atoms. The Morgan fingerprint density at radius 1 is 1.12 bits per heavy atom. The normalized spacial score (nSPS) is 10.6. The topological polar surface area (TPSA) is 39.2 Å². The van der Waals surface area contributed by atoms with Crippen LogP contribution in [0.15, 0.2) is 40.8 Å². The van der Waals surface area contributed by atoms with Crippen LogP contribution in [0.2, 0.25) is 0 Å². The molecule has 0 atom stereocenters. The zero-order valence-electron chi connectivity index (χ0n) is 9.57. The smallest absolute Gasteiger partial charge is 0.134 e. The summed E-state index contributed by atoms with van der Waals surface area (Å²) in [4.78, 5) is 0. The molecule has 2 heteroatoms. The average Bonchev–Trinajstić information content (AvgIpc) is 2.79. The molecule has 0 saturated heterocycles. The minimum atomic E-state index is 0.454. The lowest BCUT2D eigenvalue weighted by atomic mass is 10.0. The second kappa shape index (κ2) is 4.99. The van der Waals surface area contributed by atoms with Gasteiger partial charge >= 0.3 is 0 Å². The van der Waals surface area contributed by atoms with Crippen LogP contribution in [0.5, 0.6) is 0 Å². The van der Waals surface area contributed by atoms with Crippen molar-refractivity contribution in [3.8, 4) is 11.3 Å². The molecule has 0 unspecified atom stereocenters. The molecule has 2 nitrogen and oxygen atoms in total. The van der Waals surface area contributed by atoms with Crippen LogP contribution in [0.1, 0.15) is 24.7 Å². The van der Waals surface area contributed by atoms with Crippen LogP contribution in [0.4, 0.5) is 0 Å². The lowest BCUT2D eigenvalue weighted by Crippen LogP contribution is -1.92. The molecule has 2 aromatic rings. The molecule has 2 rings (SSSR count). The number of furan rings is 1. The first-order valence-electron chi connectivity index (χ1n) is 5.72. The van der Waals surface area contributed by atoms with Gasteiger partial charge in [0.1, 0.15) is 11.5 Å². The van der Waals surface area contributed by atoms with E-state index in [1.807, 2.05) is 18.2 Å². The summed E-state index contributed by atoms with van der Waals surface area (Å²) < 4.78 is 5.68. The number of nitrogens with two attached hydrogens (primary N) is 1. The van der Waals surface area contributed by atoms with E-state index < -0.39 is 0 Å². The number of hydrogen-bond acceptors (Lipinski definition) is 2. The molecule has 0 fully saturated rings. The predicted octanol–water partition coefficient (Wildman–Crippen LogP) is 3.36. The van der Waals surface area contributed by atoms with Crippen molar-refractivity contribution < 1.29 is 4.42 Å². The summed E-state index contributed by atoms with van der Waals surface area (Å²) in [6.07, 6.45) is 2.22. The standard InChI is InChI=1S/C14H17NO/c1-2-5-11-6-3-4-7-13(11)14-9-8-12(10-15)16-14/h3-4,6-9H,2,5,10,15H2,1H3. The van der Waals surface area contributed by atoms with Crippen LogP contribution < -0.4 is 5.73 Å². The van der Waals surface area contributed by atoms with Gasteiger partial charge in [-0.25, -0.2) is 0 Å². The van der Waals surface area contributed by atoms with E-state index in [4.69, 9.17) is 10.2 Å². The van der Waals surface area contributed by atoms with Crippen LogP contribution in [-0.2, 0) is 13.0 Å². The van der Waals surface area contributed by atoms with E-state index in [0.29, 0.717) is 6.54 Å². The van der Waals surface area contributed by atoms with E-state index >= 15 is 0 Å². The molecule has 0 saturated carbocycles. The van der Waals surface area contributed by atoms with Gasteiger partial charge in [0, 0.05) is 5.56 Å². The Bertz CT molecular complexity index is 459. The van der Waals surface area contributed by atoms with Gasteiger partial charge in [0.05, 0.1) is 6.54 Å². The fourth-order valence-corrected chi connectivity index (χ4v) is 1.88. The summed E-state index contributed by atoms with van der Waals surface area (Å²) in [6, 6.07) is 12.3. The van der Waals surface area contributed by atoms with Crippen LogP contribution in [0.25, 0.3) is 11.3 Å². The summed E-state index contributed by atoms with van der Waals surface area (Å²) in [5, 5.41) is 0. The number of aryl methyl sites for hydroxylation is 1. The van der Waals surface area contributed by atoms with Gasteiger partial charge in [-0.2, -0.15) is 0 Å². The molecule has 0 aliphatic heterocycles. The molecule has 1 heterocycles. The fraction of sp³-hybridized carbons (Fsp3) is 0.286. The minimum Gasteiger partial charge on any atom is -0.460 e. The third kappa shape index (κ3) is 2.17. The summed E-state index contributed by atoms with van der Waals surface area (Å²) in [5.74, 6) is 1.76. The first-order chi connectivity index (χ1) is 7.85. The minimum absolute atomic E-state index is 0.454. The van der Waals surface area contributed by atoms with Gasteiger partial charge in [0.25, 0.3) is 0 Å². The summed E-state index contributed by atoms with van der Waals surface area (Å²) >= 11 is 0. The Balaban J connectivity index is 2.38. The highest BCUT2D eigenvalue weighted by Gasteiger charge is 2.07. The van der Waals surface area contributed by atoms with Gasteiger partial charge in [-0.15, -0.1) is 0 Å². The molecule has 0 amide bonds. The van der Waals surface area contributed by atoms with Gasteiger partial charge in [0.2, 0.25) is 0 Å². The van der Waals surface area contributed by atoms with Gasteiger partial charge in [-0.1, -0.05) is 37.6 Å². The van der Waals surface area contributed by atoms with E-state index in [2.05, 4.69) is 25.1 Å². The molecular formula is C14H17NO. The third-order valence-electron chi connectivity index (χ3n) is 2.66. The lowest BCUT2D eigenvalue weighted by molar-refractivity contribution is 0.525. The van der Waals surface area contributed by atoms with Crippen molar-refractivity contribution >= 4 is 0 Å². The van der Waals surface area contributed by atoms with Crippen LogP contribution in [-0.4, -0.2) is 0 Å². The fourth-order valence-electron chi connectivity index (χ4n) is 1.88. The second-order valence-electron chi connectivity index (χ2n) is 3.88. The number of rotatable bonds is 4. The van der Waals surface area contributed by atoms with Crippen molar-refractivity contribution in [3.05, 3.63) is 47.7 Å². The number of hydrogen-bond donors (Lipinski definition) is 1. The second-order valence-corrected chi connectivity index (χ2v) is 3.88. The maximum Gasteiger partial charge on any atom is 0.134 e. The Labute approximate surface area is 96.1 Å². The highest BCUT2D eigenvalue weighted by Crippen LogP contribution is 2.26. The quantitative estimate of drug-likeness (QED) is 0.849. The maximum absolute atomic E-state index is 5.68. The Kier molecular flexibility index (Phi) is 3.42. The van der Waals surface area contributed by atoms with E-state index in [0.717, 1.165) is 24.4 Å². The molecule has 1 aromatic heterocycles. The van der Waals surface area contributed by atoms with Gasteiger partial charge in [0.15, 0.2) is 0 Å². The van der Waals surface area contributed by atoms with Crippen LogP contribution in [0.3, 0.4) is 0 Å². The van der Waals surface area contributed by atoms with Crippen LogP contribution in [0, 0.1) is 0 Å². The molecule has 2 N–H and O–H groups in total. The lowest BCUT2D eigenvalue weighted by Gasteiger charge is -2.05. The molecule has 1 aromatic carbocycles. The third-order valence-corrected chi connectivity index (χ3v) is 2.66. The van der Waals surface area contributed by atoms with Crippen molar-refractivity contribution in [2.75, 3.05) is 0 Å². The molecule has 84 valence electrons. The first-order valence-corrected chi connectivity index (χ1v) is 5.72. The maximum atomic E-state index is 5.68. The van der Waals surface area contributed by atoms with E-state index in [1.165, 1.54) is 11.1 Å². The molecule has 0 aliphatic carbocycles. The molecule has 0 aliphatic rings. The number of benzene rings is 1. The first kappa shape index (κ1) is 11.0. The van der Waals surface area contributed by atoms with Crippen molar-refractivity contribution in [1.82, 2.24) is 0 Å². The highest BCUT2D eigenvalue weighted by atomic mass is 16.3. The Morgan fingerprint density at radius 2 is 1.94 bits per heavy atom. The van der Waals surface area contributed by atoms with Gasteiger partial charge in [-0.3, -0.25) is 0 Å². The summed E-state index contributed by atoms with van der Waals surface area (Å²) in [6.45, 7) is 2.64. The van der Waals surface area contributed by atoms with E-state index in [-0.39, 0.29) is 0 Å². The van der Waals surface area contributed by atoms with Crippen molar-refractivity contribution in [1.29, 1.82) is 0 Å². The van der Waals surface area contributed by atoms with Crippen molar-refractivity contribution in [2.24, 2.45) is 5.73 Å². The molecule has 0 radical (unpaired) electrons. The molecule has 0 bridgehead atoms. The van der Waals surface area contributed by atoms with Crippen molar-refractivity contribution in [3.63, 3.8) is 0 Å². The van der Waals surface area contributed by atoms with E-state index in [9.17, 15) is 0 Å². The van der Waals surface area contributed by atoms with Crippen molar-refractivity contribution in [2.45, 2.75) is 26.3 Å². The predicted molar refractivity (Wildman–Crippen MR) is 66.0 cm³/mol. The average molecular weight is 215 g/mol. The SMILES string of the molecule is CCCc1ccccc1-c1ccc(CN)o1. The summed E-state index contributed by atoms with van der Waals surface area (Å²) in [7, 11) is 0.